The molecule has 0 bridgehead atoms. The monoisotopic (exact) mass is 260 g/mol. The van der Waals surface area contributed by atoms with Gasteiger partial charge in [-0.3, -0.25) is 0 Å². The quantitative estimate of drug-likeness (QED) is 0.541. The second kappa shape index (κ2) is 33.2. The molecular weight excluding hydrogens is 256 g/mol. The van der Waals surface area contributed by atoms with Crippen LogP contribution in [0.4, 0.5) is 0 Å². The summed E-state index contributed by atoms with van der Waals surface area (Å²) in [7, 11) is 0. The molecule has 0 aliphatic carbocycles. The van der Waals surface area contributed by atoms with E-state index in [-0.39, 0.29) is 0 Å². The molecule has 0 heterocycles. The van der Waals surface area contributed by atoms with Crippen LogP contribution in [0.15, 0.2) is 0 Å². The Morgan fingerprint density at radius 2 is 1.25 bits per heavy atom. The van der Waals surface area contributed by atoms with Crippen LogP contribution in [0.2, 0.25) is 0 Å². The fourth-order valence-electron chi connectivity index (χ4n) is 0. The van der Waals surface area contributed by atoms with Crippen LogP contribution in [0.3, 0.4) is 0 Å². The van der Waals surface area contributed by atoms with Gasteiger partial charge >= 0.3 is 48.6 Å². The van der Waals surface area contributed by atoms with Gasteiger partial charge in [-0.1, -0.05) is 0 Å². The summed E-state index contributed by atoms with van der Waals surface area (Å²) in [6.45, 7) is 0. The van der Waals surface area contributed by atoms with Gasteiger partial charge in [0.15, 0.2) is 0 Å². The van der Waals surface area contributed by atoms with Gasteiger partial charge in [0, 0.05) is 0 Å². The summed E-state index contributed by atoms with van der Waals surface area (Å²) in [4.78, 5) is 0. The van der Waals surface area contributed by atoms with Crippen molar-refractivity contribution >= 4 is 22.3 Å². The zero-order valence-electron chi connectivity index (χ0n) is 1.63. The Morgan fingerprint density at radius 3 is 1.25 bits per heavy atom. The van der Waals surface area contributed by atoms with Gasteiger partial charge in [0.2, 0.25) is 0 Å². The predicted molar refractivity (Wildman–Crippen MR) is 7.13 cm³/mol. The van der Waals surface area contributed by atoms with Crippen LogP contribution in [0.25, 0.3) is 0 Å². The summed E-state index contributed by atoms with van der Waals surface area (Å²) >= 11 is 1.40. The Morgan fingerprint density at radius 1 is 1.25 bits per heavy atom. The third kappa shape index (κ3) is 11.4. The molecule has 0 fully saturated rings. The topological polar surface area (TPSA) is 34.1 Å². The molecule has 0 unspecified atom stereocenters. The summed E-state index contributed by atoms with van der Waals surface area (Å²) < 4.78 is 16.5. The van der Waals surface area contributed by atoms with Gasteiger partial charge in [0.05, 0.1) is 0 Å². The van der Waals surface area contributed by atoms with Crippen molar-refractivity contribution in [2.45, 2.75) is 0 Å². The second-order valence-corrected chi connectivity index (χ2v) is 0. The van der Waals surface area contributed by atoms with Crippen LogP contribution >= 0.6 is 0 Å². The van der Waals surface area contributed by atoms with Gasteiger partial charge in [-0.15, -0.1) is 0 Å². The maximum absolute atomic E-state index is 8.26. The molecule has 24 valence electrons. The third-order valence-corrected chi connectivity index (χ3v) is 0. The van der Waals surface area contributed by atoms with Crippen molar-refractivity contribution in [3.8, 4) is 0 Å². The van der Waals surface area contributed by atoms with E-state index in [1.54, 1.807) is 0 Å². The van der Waals surface area contributed by atoms with Crippen LogP contribution < -0.4 is 0 Å². The Kier molecular flexibility index (Phi) is 74.1. The van der Waals surface area contributed by atoms with Crippen LogP contribution in [-0.4, -0.2) is 22.3 Å². The van der Waals surface area contributed by atoms with E-state index in [4.69, 9.17) is 6.50 Å². The number of hydrogen-bond acceptors (Lipinski definition) is 2. The van der Waals surface area contributed by atoms with Crippen molar-refractivity contribution in [3.05, 3.63) is 0 Å². The molecule has 0 aliphatic rings. The van der Waals surface area contributed by atoms with Crippen molar-refractivity contribution in [2.75, 3.05) is 0 Å². The van der Waals surface area contributed by atoms with Crippen LogP contribution in [0, 0.1) is 0 Å². The molecule has 0 aromatic rings. The average Bonchev–Trinajstić information content (AvgIpc) is 1.50. The average molecular weight is 256 g/mol. The van der Waals surface area contributed by atoms with E-state index in [9.17, 15) is 0 Å². The third-order valence-electron chi connectivity index (χ3n) is 0. The predicted octanol–water partition coefficient (Wildman–Crippen LogP) is -0.621. The molecule has 0 N–H and O–H groups in total. The SMILES string of the molecule is O=[Te].[O]=[Mo]. The maximum atomic E-state index is 8.26. The van der Waals surface area contributed by atoms with Crippen molar-refractivity contribution in [3.63, 3.8) is 0 Å². The number of hydrogen-bond donors (Lipinski definition) is 0. The summed E-state index contributed by atoms with van der Waals surface area (Å²) in [5.41, 5.74) is 0. The molecule has 0 aromatic carbocycles. The van der Waals surface area contributed by atoms with Crippen LogP contribution in [0.5, 0.6) is 0 Å². The van der Waals surface area contributed by atoms with Gasteiger partial charge in [-0.2, -0.15) is 0 Å². The van der Waals surface area contributed by atoms with E-state index < -0.39 is 0 Å². The molecule has 0 aliphatic heterocycles. The molecule has 4 heteroatoms. The minimum absolute atomic E-state index is 0.700. The molecule has 0 saturated heterocycles. The van der Waals surface area contributed by atoms with Crippen molar-refractivity contribution in [1.29, 1.82) is 0 Å². The summed E-state index contributed by atoms with van der Waals surface area (Å²) in [5, 5.41) is 0. The van der Waals surface area contributed by atoms with E-state index in [2.05, 4.69) is 0 Å². The Balaban J connectivity index is 0. The van der Waals surface area contributed by atoms with Crippen molar-refractivity contribution < 1.29 is 26.3 Å². The van der Waals surface area contributed by atoms with E-state index in [1.165, 1.54) is 0 Å². The molecule has 0 aromatic heterocycles. The molecule has 0 amide bonds. The zero-order valence-corrected chi connectivity index (χ0v) is 5.97. The Labute approximate surface area is 48.4 Å². The van der Waals surface area contributed by atoms with Gasteiger partial charge in [-0.25, -0.2) is 0 Å². The first-order valence-corrected chi connectivity index (χ1v) is 2.10. The van der Waals surface area contributed by atoms with Gasteiger partial charge in [-0.05, 0) is 0 Å². The minimum atomic E-state index is 0.700. The Bertz CT molecular complexity index is 8.00. The molecule has 0 spiro atoms. The van der Waals surface area contributed by atoms with Gasteiger partial charge < -0.3 is 0 Å². The standard InChI is InChI=1S/Mo.OTe.O/c;1-2;. The molecule has 4 heavy (non-hydrogen) atoms. The molecule has 0 atom stereocenters. The van der Waals surface area contributed by atoms with E-state index in [1.807, 2.05) is 0 Å². The van der Waals surface area contributed by atoms with E-state index in [0.717, 1.165) is 0 Å². The summed E-state index contributed by atoms with van der Waals surface area (Å²) in [6.07, 6.45) is 0. The zero-order chi connectivity index (χ0) is 4.00. The fraction of sp³-hybridized carbons (Fsp3) is 0. The molecule has 0 radical (unpaired) electrons. The van der Waals surface area contributed by atoms with Crippen molar-refractivity contribution in [1.82, 2.24) is 0 Å². The Hall–Kier alpha value is 1.08. The molecule has 2 nitrogen and oxygen atoms in total. The second-order valence-electron chi connectivity index (χ2n) is 0. The molecule has 0 saturated carbocycles. The molecule has 0 rings (SSSR count). The molecular formula is MoO2Te. The number of rotatable bonds is 0. The van der Waals surface area contributed by atoms with Gasteiger partial charge in [0.1, 0.15) is 0 Å². The first-order chi connectivity index (χ1) is 2.00. The van der Waals surface area contributed by atoms with E-state index >= 15 is 0 Å². The van der Waals surface area contributed by atoms with Crippen LogP contribution in [-0.2, 0) is 26.3 Å². The van der Waals surface area contributed by atoms with E-state index in [0.29, 0.717) is 42.1 Å². The normalized spacial score (nSPS) is 2.00. The van der Waals surface area contributed by atoms with Gasteiger partial charge in [0.25, 0.3) is 0 Å². The summed E-state index contributed by atoms with van der Waals surface area (Å²) in [6, 6.07) is 0. The first kappa shape index (κ1) is 8.91. The fourth-order valence-corrected chi connectivity index (χ4v) is 0. The first-order valence-electron chi connectivity index (χ1n) is 0.333. The van der Waals surface area contributed by atoms with Crippen molar-refractivity contribution in [2.24, 2.45) is 0 Å². The summed E-state index contributed by atoms with van der Waals surface area (Å²) in [5.74, 6) is 0. The van der Waals surface area contributed by atoms with Crippen LogP contribution in [0.1, 0.15) is 0 Å².